The number of likely N-dealkylation sites (N-methyl/N-ethyl adjacent to an activating group) is 1. The molecule has 0 spiro atoms. The van der Waals surface area contributed by atoms with Crippen LogP contribution in [0.5, 0.6) is 0 Å². The van der Waals surface area contributed by atoms with Crippen LogP contribution in [-0.2, 0) is 57.1 Å². The molecule has 3 rings (SSSR count). The van der Waals surface area contributed by atoms with Crippen LogP contribution in [-0.4, -0.2) is 280 Å². The maximum absolute atomic E-state index is 12.6. The van der Waals surface area contributed by atoms with Gasteiger partial charge in [0, 0.05) is 53.8 Å². The normalized spacial score (nSPS) is 32.6. The highest BCUT2D eigenvalue weighted by Crippen LogP contribution is 2.32. The third-order valence-electron chi connectivity index (χ3n) is 12.3. The highest BCUT2D eigenvalue weighted by atomic mass is 16.7. The fourth-order valence-electron chi connectivity index (χ4n) is 8.39. The Hall–Kier alpha value is -4.58. The van der Waals surface area contributed by atoms with Crippen molar-refractivity contribution in [1.82, 2.24) is 26.6 Å². The molecule has 456 valence electrons. The molecule has 3 saturated heterocycles. The fraction of sp³-hybridized carbons (Fsp3) is 0.778. The molecule has 0 aromatic rings. The van der Waals surface area contributed by atoms with Gasteiger partial charge in [0.15, 0.2) is 43.0 Å². The lowest BCUT2D eigenvalue weighted by molar-refractivity contribution is -0.303. The van der Waals surface area contributed by atoms with E-state index in [1.54, 1.807) is 0 Å². The fourth-order valence-corrected chi connectivity index (χ4v) is 8.39. The molecule has 0 radical (unpaired) electrons. The SMILES string of the molecule is CCC(O)/C(O)=C(/O)C(O)OCC1OC(O)C(NC(C)=O)C(O)C1OC(O)/C(NC(C)=O)=C(/O)C(CCO)OC1OC(CO)C(OC(O)/C(NC(C)=O)=C(/O)C(CCO)OC2OC(CO)C(O)C(O)C2NC)C(O)C1NC(C)=O. The van der Waals surface area contributed by atoms with Gasteiger partial charge in [-0.25, -0.2) is 0 Å². The number of aliphatic hydroxyl groups is 17. The van der Waals surface area contributed by atoms with Crippen molar-refractivity contribution in [3.05, 3.63) is 34.4 Å². The van der Waals surface area contributed by atoms with Crippen LogP contribution in [0.15, 0.2) is 34.4 Å². The molecule has 21 unspecified atom stereocenters. The molecule has 3 heterocycles. The highest BCUT2D eigenvalue weighted by Gasteiger charge is 2.51. The van der Waals surface area contributed by atoms with Crippen molar-refractivity contribution >= 4 is 23.6 Å². The molecule has 3 aliphatic heterocycles. The van der Waals surface area contributed by atoms with Crippen molar-refractivity contribution in [2.45, 2.75) is 183 Å². The summed E-state index contributed by atoms with van der Waals surface area (Å²) in [5.74, 6) is -8.28. The van der Waals surface area contributed by atoms with Crippen molar-refractivity contribution in [3.8, 4) is 0 Å². The predicted molar refractivity (Wildman–Crippen MR) is 257 cm³/mol. The Morgan fingerprint density at radius 2 is 0.962 bits per heavy atom. The van der Waals surface area contributed by atoms with E-state index in [9.17, 15) is 106 Å². The molecule has 0 aromatic heterocycles. The van der Waals surface area contributed by atoms with E-state index < -0.39 is 233 Å². The summed E-state index contributed by atoms with van der Waals surface area (Å²) in [7, 11) is 1.35. The van der Waals surface area contributed by atoms with Gasteiger partial charge in [0.1, 0.15) is 108 Å². The number of nitrogens with one attached hydrogen (secondary N) is 5. The summed E-state index contributed by atoms with van der Waals surface area (Å²) >= 11 is 0. The molecule has 34 heteroatoms. The van der Waals surface area contributed by atoms with Gasteiger partial charge in [0.2, 0.25) is 29.9 Å². The first-order valence-corrected chi connectivity index (χ1v) is 24.6. The summed E-state index contributed by atoms with van der Waals surface area (Å²) in [6, 6.07) is -4.83. The van der Waals surface area contributed by atoms with Crippen molar-refractivity contribution in [2.24, 2.45) is 0 Å². The molecular formula is C45H77N5O29. The Kier molecular flexibility index (Phi) is 28.0. The van der Waals surface area contributed by atoms with Crippen LogP contribution in [0.25, 0.3) is 0 Å². The molecule has 22 N–H and O–H groups in total. The van der Waals surface area contributed by atoms with Crippen molar-refractivity contribution in [3.63, 3.8) is 0 Å². The van der Waals surface area contributed by atoms with E-state index in [0.717, 1.165) is 27.7 Å². The van der Waals surface area contributed by atoms with Gasteiger partial charge in [0.05, 0.1) is 25.9 Å². The van der Waals surface area contributed by atoms with Gasteiger partial charge in [-0.15, -0.1) is 0 Å². The van der Waals surface area contributed by atoms with Crippen LogP contribution in [0.3, 0.4) is 0 Å². The minimum Gasteiger partial charge on any atom is -0.507 e. The lowest BCUT2D eigenvalue weighted by atomic mass is 9.96. The van der Waals surface area contributed by atoms with Crippen LogP contribution in [0.1, 0.15) is 53.9 Å². The highest BCUT2D eigenvalue weighted by molar-refractivity contribution is 5.76. The molecule has 3 aliphatic rings. The largest absolute Gasteiger partial charge is 0.507 e. The number of carbonyl (C=O) groups excluding carboxylic acids is 4. The van der Waals surface area contributed by atoms with E-state index in [-0.39, 0.29) is 6.42 Å². The second kappa shape index (κ2) is 32.2. The molecule has 34 nitrogen and oxygen atoms in total. The van der Waals surface area contributed by atoms with E-state index in [4.69, 9.17) is 37.9 Å². The van der Waals surface area contributed by atoms with Crippen LogP contribution >= 0.6 is 0 Å². The molecule has 21 atom stereocenters. The zero-order valence-electron chi connectivity index (χ0n) is 43.8. The number of rotatable bonds is 29. The van der Waals surface area contributed by atoms with Crippen molar-refractivity contribution in [2.75, 3.05) is 40.1 Å². The van der Waals surface area contributed by atoms with Crippen LogP contribution in [0, 0.1) is 0 Å². The Morgan fingerprint density at radius 3 is 1.39 bits per heavy atom. The van der Waals surface area contributed by atoms with E-state index in [1.165, 1.54) is 14.0 Å². The van der Waals surface area contributed by atoms with Gasteiger partial charge in [-0.2, -0.15) is 0 Å². The first kappa shape index (κ1) is 68.7. The van der Waals surface area contributed by atoms with Gasteiger partial charge < -0.3 is 151 Å². The summed E-state index contributed by atoms with van der Waals surface area (Å²) in [5, 5.41) is 194. The second-order valence-corrected chi connectivity index (χ2v) is 18.3. The molecule has 0 aliphatic carbocycles. The van der Waals surface area contributed by atoms with Crippen molar-refractivity contribution < 1.29 is 144 Å². The molecule has 4 amide bonds. The van der Waals surface area contributed by atoms with E-state index in [1.807, 2.05) is 0 Å². The third-order valence-corrected chi connectivity index (χ3v) is 12.3. The minimum absolute atomic E-state index is 0.116. The molecule has 79 heavy (non-hydrogen) atoms. The predicted octanol–water partition coefficient (Wildman–Crippen LogP) is -8.63. The van der Waals surface area contributed by atoms with Gasteiger partial charge in [-0.3, -0.25) is 19.2 Å². The second-order valence-electron chi connectivity index (χ2n) is 18.3. The number of aliphatic hydroxyl groups excluding tert-OH is 17. The number of amides is 4. The number of ether oxygens (including phenoxy) is 8. The minimum atomic E-state index is -2.62. The molecule has 0 bridgehead atoms. The molecule has 3 fully saturated rings. The van der Waals surface area contributed by atoms with Crippen molar-refractivity contribution in [1.29, 1.82) is 0 Å². The topological polar surface area (TPSA) is 546 Å². The maximum atomic E-state index is 12.6. The lowest BCUT2D eigenvalue weighted by Gasteiger charge is -2.45. The Balaban J connectivity index is 2.05. The Labute approximate surface area is 451 Å². The zero-order valence-corrected chi connectivity index (χ0v) is 43.8. The zero-order chi connectivity index (χ0) is 59.7. The van der Waals surface area contributed by atoms with Gasteiger partial charge in [-0.05, 0) is 13.5 Å². The summed E-state index contributed by atoms with van der Waals surface area (Å²) in [6.45, 7) is 0.691. The standard InChI is InChI=1S/C45H77N5O29/c1-7-19(59)30(60)37(67)43(71)72-14-24-39(35(65)27(40(68)73-24)49-17(4)57)79-42(70)26(48-16(3)56)32(62)21(9-11-52)75-45-29(50-18(5)58)36(66)38(23(13-54)77-45)78-41(69)25(47-15(2)55)31(61)20(8-10-51)74-44-28(46-6)34(64)33(63)22(12-53)76-44/h19-24,27-29,33-36,38-46,51-54,59-71H,7-14H2,1-6H3,(H,47,55)(H,48,56)(H,49,57)(H,50,58)/b31-25-,32-26-,37-30-. The molecular weight excluding hydrogens is 1070 g/mol. The van der Waals surface area contributed by atoms with E-state index in [2.05, 4.69) is 26.6 Å². The lowest BCUT2D eigenvalue weighted by Crippen LogP contribution is -2.66. The van der Waals surface area contributed by atoms with E-state index >= 15 is 0 Å². The summed E-state index contributed by atoms with van der Waals surface area (Å²) in [4.78, 5) is 49.7. The summed E-state index contributed by atoms with van der Waals surface area (Å²) in [6.07, 6.45) is -36.4. The maximum Gasteiger partial charge on any atom is 0.221 e. The first-order chi connectivity index (χ1) is 37.1. The average molecular weight is 1150 g/mol. The Morgan fingerprint density at radius 1 is 0.519 bits per heavy atom. The van der Waals surface area contributed by atoms with Gasteiger partial charge in [0.25, 0.3) is 0 Å². The van der Waals surface area contributed by atoms with Crippen LogP contribution in [0.2, 0.25) is 0 Å². The first-order valence-electron chi connectivity index (χ1n) is 24.6. The number of hydrogen-bond donors (Lipinski definition) is 22. The monoisotopic (exact) mass is 1150 g/mol. The van der Waals surface area contributed by atoms with Gasteiger partial charge >= 0.3 is 0 Å². The summed E-state index contributed by atoms with van der Waals surface area (Å²) in [5.41, 5.74) is -1.90. The van der Waals surface area contributed by atoms with Gasteiger partial charge in [-0.1, -0.05) is 6.92 Å². The number of carbonyl (C=O) groups is 4. The molecule has 0 aromatic carbocycles. The average Bonchev–Trinajstić information content (AvgIpc) is 3.39. The Bertz CT molecular complexity index is 2070. The summed E-state index contributed by atoms with van der Waals surface area (Å²) < 4.78 is 45.1. The molecule has 0 saturated carbocycles. The van der Waals surface area contributed by atoms with E-state index in [0.29, 0.717) is 0 Å². The van der Waals surface area contributed by atoms with Crippen LogP contribution < -0.4 is 26.6 Å². The quantitative estimate of drug-likeness (QED) is 0.0244. The van der Waals surface area contributed by atoms with Crippen LogP contribution in [0.4, 0.5) is 0 Å². The number of hydrogen-bond acceptors (Lipinski definition) is 30. The third kappa shape index (κ3) is 18.5. The smallest absolute Gasteiger partial charge is 0.221 e.